The zero-order chi connectivity index (χ0) is 19.2. The fraction of sp³-hybridized carbons (Fsp3) is 0.0833. The molecule has 0 N–H and O–H groups in total. The molecule has 0 aliphatic heterocycles. The fourth-order valence-electron chi connectivity index (χ4n) is 3.53. The highest BCUT2D eigenvalue weighted by atomic mass is 127. The summed E-state index contributed by atoms with van der Waals surface area (Å²) in [7, 11) is 0. The number of hydrogen-bond donors (Lipinski definition) is 0. The fourth-order valence-corrected chi connectivity index (χ4v) is 3.72. The van der Waals surface area contributed by atoms with Gasteiger partial charge in [-0.1, -0.05) is 120 Å². The first-order valence-corrected chi connectivity index (χ1v) is 10.5. The number of alkyl halides is 1. The Labute approximate surface area is 178 Å². The number of halogens is 1. The zero-order valence-corrected chi connectivity index (χ0v) is 17.3. The van der Waals surface area contributed by atoms with E-state index in [-0.39, 0.29) is 0 Å². The number of hydrogen-bond acceptors (Lipinski definition) is 2. The molecule has 28 heavy (non-hydrogen) atoms. The van der Waals surface area contributed by atoms with Crippen molar-refractivity contribution in [2.24, 2.45) is 0 Å². The normalized spacial score (nSPS) is 10.9. The zero-order valence-electron chi connectivity index (χ0n) is 15.2. The van der Waals surface area contributed by atoms with E-state index in [1.807, 2.05) is 22.9 Å². The lowest BCUT2D eigenvalue weighted by molar-refractivity contribution is 0.458. The monoisotopic (exact) mass is 475 g/mol. The molecule has 4 aromatic rings. The molecule has 4 rings (SSSR count). The molecule has 3 nitrogen and oxygen atoms in total. The maximum Gasteiger partial charge on any atom is 0.225 e. The summed E-state index contributed by atoms with van der Waals surface area (Å²) in [6, 6.07) is 31.3. The van der Waals surface area contributed by atoms with Gasteiger partial charge in [0.1, 0.15) is 11.9 Å². The Bertz CT molecular complexity index is 997. The summed E-state index contributed by atoms with van der Waals surface area (Å²) in [6.45, 7) is 0. The van der Waals surface area contributed by atoms with Gasteiger partial charge in [0.15, 0.2) is 0 Å². The van der Waals surface area contributed by atoms with Crippen molar-refractivity contribution >= 4 is 22.6 Å². The molecule has 0 radical (unpaired) electrons. The van der Waals surface area contributed by atoms with Crippen molar-refractivity contribution < 1.29 is 0 Å². The molecular weight excluding hydrogens is 457 g/mol. The van der Waals surface area contributed by atoms with Crippen molar-refractivity contribution in [2.75, 3.05) is 4.43 Å². The number of nitrogens with zero attached hydrogens (tertiary/aromatic N) is 3. The van der Waals surface area contributed by atoms with E-state index in [1.54, 1.807) is 6.33 Å². The van der Waals surface area contributed by atoms with E-state index in [2.05, 4.69) is 112 Å². The van der Waals surface area contributed by atoms with Gasteiger partial charge in [0.05, 0.1) is 4.43 Å². The van der Waals surface area contributed by atoms with E-state index in [9.17, 15) is 0 Å². The van der Waals surface area contributed by atoms with Crippen LogP contribution in [0, 0.1) is 11.8 Å². The van der Waals surface area contributed by atoms with Crippen LogP contribution in [0.15, 0.2) is 97.3 Å². The average molecular weight is 475 g/mol. The van der Waals surface area contributed by atoms with E-state index < -0.39 is 5.54 Å². The van der Waals surface area contributed by atoms with Gasteiger partial charge in [-0.05, 0) is 22.6 Å². The van der Waals surface area contributed by atoms with Crippen LogP contribution in [-0.2, 0) is 5.54 Å². The van der Waals surface area contributed by atoms with Gasteiger partial charge in [-0.15, -0.1) is 5.10 Å². The van der Waals surface area contributed by atoms with Crippen LogP contribution < -0.4 is 0 Å². The molecule has 4 heteroatoms. The summed E-state index contributed by atoms with van der Waals surface area (Å²) >= 11 is 2.23. The quantitative estimate of drug-likeness (QED) is 0.182. The molecule has 0 amide bonds. The Hall–Kier alpha value is -2.91. The molecule has 0 bridgehead atoms. The van der Waals surface area contributed by atoms with Crippen molar-refractivity contribution in [3.05, 3.63) is 120 Å². The standard InChI is InChI=1S/C24H18IN3/c25-18-10-17-23-26-19-28(27-23)24(20-11-4-1-5-12-20,21-13-6-2-7-14-21)22-15-8-3-9-16-22/h1-9,11-16,19H,18H2. The highest BCUT2D eigenvalue weighted by Gasteiger charge is 2.39. The Morgan fingerprint density at radius 3 is 1.64 bits per heavy atom. The van der Waals surface area contributed by atoms with Gasteiger partial charge in [0, 0.05) is 0 Å². The van der Waals surface area contributed by atoms with Crippen LogP contribution in [0.4, 0.5) is 0 Å². The van der Waals surface area contributed by atoms with Crippen LogP contribution in [-0.4, -0.2) is 19.2 Å². The number of benzene rings is 3. The largest absolute Gasteiger partial charge is 0.232 e. The number of aromatic nitrogens is 3. The van der Waals surface area contributed by atoms with Crippen molar-refractivity contribution in [1.82, 2.24) is 14.8 Å². The van der Waals surface area contributed by atoms with E-state index in [0.29, 0.717) is 5.82 Å². The van der Waals surface area contributed by atoms with E-state index in [1.165, 1.54) is 0 Å². The topological polar surface area (TPSA) is 30.7 Å². The Balaban J connectivity index is 2.06. The minimum Gasteiger partial charge on any atom is -0.232 e. The third-order valence-electron chi connectivity index (χ3n) is 4.68. The van der Waals surface area contributed by atoms with Crippen molar-refractivity contribution in [2.45, 2.75) is 5.54 Å². The summed E-state index contributed by atoms with van der Waals surface area (Å²) in [6.07, 6.45) is 1.78. The van der Waals surface area contributed by atoms with E-state index in [4.69, 9.17) is 5.10 Å². The van der Waals surface area contributed by atoms with Crippen LogP contribution >= 0.6 is 22.6 Å². The first-order chi connectivity index (χ1) is 13.9. The maximum absolute atomic E-state index is 4.78. The van der Waals surface area contributed by atoms with Crippen LogP contribution in [0.5, 0.6) is 0 Å². The minimum atomic E-state index is -0.638. The summed E-state index contributed by atoms with van der Waals surface area (Å²) in [5, 5.41) is 4.78. The van der Waals surface area contributed by atoms with Gasteiger partial charge >= 0.3 is 0 Å². The molecule has 0 aliphatic carbocycles. The molecule has 0 atom stereocenters. The van der Waals surface area contributed by atoms with E-state index in [0.717, 1.165) is 21.1 Å². The molecule has 3 aromatic carbocycles. The van der Waals surface area contributed by atoms with E-state index >= 15 is 0 Å². The van der Waals surface area contributed by atoms with Crippen molar-refractivity contribution in [3.8, 4) is 11.8 Å². The highest BCUT2D eigenvalue weighted by Crippen LogP contribution is 2.39. The molecular formula is C24H18IN3. The SMILES string of the molecule is ICC#Cc1ncn(C(c2ccccc2)(c2ccccc2)c2ccccc2)n1. The lowest BCUT2D eigenvalue weighted by Gasteiger charge is -2.35. The van der Waals surface area contributed by atoms with Gasteiger partial charge in [0.25, 0.3) is 0 Å². The predicted octanol–water partition coefficient (Wildman–Crippen LogP) is 4.90. The second-order valence-electron chi connectivity index (χ2n) is 6.26. The molecule has 0 unspecified atom stereocenters. The minimum absolute atomic E-state index is 0.531. The highest BCUT2D eigenvalue weighted by molar-refractivity contribution is 14.1. The Morgan fingerprint density at radius 1 is 0.750 bits per heavy atom. The van der Waals surface area contributed by atoms with Crippen molar-refractivity contribution in [3.63, 3.8) is 0 Å². The molecule has 0 saturated carbocycles. The third-order valence-corrected chi connectivity index (χ3v) is 5.06. The van der Waals surface area contributed by atoms with Gasteiger partial charge in [-0.2, -0.15) is 0 Å². The average Bonchev–Trinajstić information content (AvgIpc) is 3.24. The van der Waals surface area contributed by atoms with Crippen LogP contribution in [0.25, 0.3) is 0 Å². The molecule has 0 fully saturated rings. The second kappa shape index (κ2) is 8.41. The lowest BCUT2D eigenvalue weighted by atomic mass is 9.77. The molecule has 0 saturated heterocycles. The Kier molecular flexibility index (Phi) is 5.54. The molecule has 136 valence electrons. The van der Waals surface area contributed by atoms with Crippen molar-refractivity contribution in [1.29, 1.82) is 0 Å². The van der Waals surface area contributed by atoms with Gasteiger partial charge in [-0.3, -0.25) is 0 Å². The molecule has 1 heterocycles. The van der Waals surface area contributed by atoms with Gasteiger partial charge in [-0.25, -0.2) is 9.67 Å². The lowest BCUT2D eigenvalue weighted by Crippen LogP contribution is -2.38. The second-order valence-corrected chi connectivity index (χ2v) is 7.02. The number of rotatable bonds is 4. The maximum atomic E-state index is 4.78. The molecule has 1 aromatic heterocycles. The summed E-state index contributed by atoms with van der Waals surface area (Å²) in [4.78, 5) is 4.47. The first kappa shape index (κ1) is 18.5. The summed E-state index contributed by atoms with van der Waals surface area (Å²) in [5.74, 6) is 6.62. The predicted molar refractivity (Wildman–Crippen MR) is 120 cm³/mol. The summed E-state index contributed by atoms with van der Waals surface area (Å²) < 4.78 is 2.68. The van der Waals surface area contributed by atoms with Crippen LogP contribution in [0.3, 0.4) is 0 Å². The third kappa shape index (κ3) is 3.34. The van der Waals surface area contributed by atoms with Crippen LogP contribution in [0.2, 0.25) is 0 Å². The first-order valence-electron chi connectivity index (χ1n) is 8.99. The molecule has 0 spiro atoms. The Morgan fingerprint density at radius 2 is 1.21 bits per heavy atom. The summed E-state index contributed by atoms with van der Waals surface area (Å²) in [5.41, 5.74) is 2.71. The van der Waals surface area contributed by atoms with Gasteiger partial charge < -0.3 is 0 Å². The van der Waals surface area contributed by atoms with Gasteiger partial charge in [0.2, 0.25) is 5.82 Å². The smallest absolute Gasteiger partial charge is 0.225 e. The van der Waals surface area contributed by atoms with Crippen LogP contribution in [0.1, 0.15) is 22.5 Å². The molecule has 0 aliphatic rings.